The summed E-state index contributed by atoms with van der Waals surface area (Å²) in [4.78, 5) is 27.9. The van der Waals surface area contributed by atoms with Crippen LogP contribution in [0.3, 0.4) is 0 Å². The molecule has 0 heterocycles. The largest absolute Gasteiger partial charge is 0.352 e. The summed E-state index contributed by atoms with van der Waals surface area (Å²) in [7, 11) is -3.55. The van der Waals surface area contributed by atoms with Gasteiger partial charge in [0.25, 0.3) is 0 Å². The fraction of sp³-hybridized carbons (Fsp3) is 0.462. The van der Waals surface area contributed by atoms with Gasteiger partial charge >= 0.3 is 0 Å². The second kappa shape index (κ2) is 12.9. The molecule has 1 atom stereocenters. The van der Waals surface area contributed by atoms with Crippen LogP contribution in [0.25, 0.3) is 0 Å². The molecule has 0 spiro atoms. The van der Waals surface area contributed by atoms with Crippen molar-refractivity contribution in [2.45, 2.75) is 65.6 Å². The fourth-order valence-electron chi connectivity index (χ4n) is 3.80. The monoisotopic (exact) mass is 521 g/mol. The molecule has 192 valence electrons. The van der Waals surface area contributed by atoms with Gasteiger partial charge in [0, 0.05) is 30.6 Å². The van der Waals surface area contributed by atoms with Gasteiger partial charge in [0.2, 0.25) is 21.8 Å². The standard InChI is InChI=1S/C26H36ClN3O4S/c1-6-24(26(32)28-19(2)3)29(18-21-11-9-20(4)10-12-21)25(31)8-7-17-30(35(5,33)34)23-15-13-22(27)14-16-23/h9-16,19,24H,6-8,17-18H2,1-5H3,(H,28,32)/t24-/m0/s1. The number of hydrogen-bond donors (Lipinski definition) is 1. The number of nitrogens with zero attached hydrogens (tertiary/aromatic N) is 2. The van der Waals surface area contributed by atoms with E-state index in [1.165, 1.54) is 4.31 Å². The van der Waals surface area contributed by atoms with Gasteiger partial charge in [0.1, 0.15) is 6.04 Å². The van der Waals surface area contributed by atoms with Crippen molar-refractivity contribution < 1.29 is 18.0 Å². The lowest BCUT2D eigenvalue weighted by Gasteiger charge is -2.31. The normalized spacial score (nSPS) is 12.3. The first kappa shape index (κ1) is 28.7. The van der Waals surface area contributed by atoms with Crippen molar-refractivity contribution in [1.29, 1.82) is 0 Å². The van der Waals surface area contributed by atoms with Gasteiger partial charge in [0.05, 0.1) is 11.9 Å². The maximum Gasteiger partial charge on any atom is 0.243 e. The second-order valence-electron chi connectivity index (χ2n) is 9.01. The average Bonchev–Trinajstić information content (AvgIpc) is 2.77. The van der Waals surface area contributed by atoms with Crippen molar-refractivity contribution in [3.63, 3.8) is 0 Å². The molecule has 0 unspecified atom stereocenters. The Labute approximate surface area is 214 Å². The number of carbonyl (C=O) groups excluding carboxylic acids is 2. The third kappa shape index (κ3) is 8.85. The van der Waals surface area contributed by atoms with Crippen LogP contribution in [0.2, 0.25) is 5.02 Å². The Morgan fingerprint density at radius 3 is 2.14 bits per heavy atom. The van der Waals surface area contributed by atoms with Crippen molar-refractivity contribution >= 4 is 39.1 Å². The maximum absolute atomic E-state index is 13.4. The molecule has 0 aliphatic heterocycles. The molecule has 2 aromatic rings. The van der Waals surface area contributed by atoms with Crippen LogP contribution in [0, 0.1) is 6.92 Å². The summed E-state index contributed by atoms with van der Waals surface area (Å²) in [6.45, 7) is 8.08. The molecule has 1 N–H and O–H groups in total. The molecular formula is C26H36ClN3O4S. The van der Waals surface area contributed by atoms with E-state index in [-0.39, 0.29) is 30.8 Å². The molecule has 2 amide bonds. The zero-order valence-electron chi connectivity index (χ0n) is 21.1. The van der Waals surface area contributed by atoms with Gasteiger partial charge in [-0.25, -0.2) is 8.42 Å². The molecule has 0 radical (unpaired) electrons. The van der Waals surface area contributed by atoms with E-state index >= 15 is 0 Å². The van der Waals surface area contributed by atoms with Crippen LogP contribution in [0.1, 0.15) is 51.2 Å². The van der Waals surface area contributed by atoms with E-state index < -0.39 is 16.1 Å². The van der Waals surface area contributed by atoms with Crippen LogP contribution in [0.15, 0.2) is 48.5 Å². The third-order valence-electron chi connectivity index (χ3n) is 5.56. The lowest BCUT2D eigenvalue weighted by Crippen LogP contribution is -2.50. The van der Waals surface area contributed by atoms with E-state index in [4.69, 9.17) is 11.6 Å². The van der Waals surface area contributed by atoms with Gasteiger partial charge in [-0.1, -0.05) is 48.4 Å². The van der Waals surface area contributed by atoms with E-state index in [1.54, 1.807) is 29.2 Å². The summed E-state index contributed by atoms with van der Waals surface area (Å²) < 4.78 is 26.0. The zero-order valence-corrected chi connectivity index (χ0v) is 22.7. The Morgan fingerprint density at radius 2 is 1.63 bits per heavy atom. The van der Waals surface area contributed by atoms with Gasteiger partial charge in [-0.3, -0.25) is 13.9 Å². The highest BCUT2D eigenvalue weighted by Gasteiger charge is 2.29. The molecule has 9 heteroatoms. The molecule has 0 aromatic heterocycles. The van der Waals surface area contributed by atoms with Crippen LogP contribution in [0.5, 0.6) is 0 Å². The molecule has 0 fully saturated rings. The highest BCUT2D eigenvalue weighted by molar-refractivity contribution is 7.92. The number of halogens is 1. The van der Waals surface area contributed by atoms with Gasteiger partial charge in [-0.15, -0.1) is 0 Å². The Hall–Kier alpha value is -2.58. The SMILES string of the molecule is CC[C@@H](C(=O)NC(C)C)N(Cc1ccc(C)cc1)C(=O)CCCN(c1ccc(Cl)cc1)S(C)(=O)=O. The summed E-state index contributed by atoms with van der Waals surface area (Å²) in [5.41, 5.74) is 2.53. The van der Waals surface area contributed by atoms with Crippen molar-refractivity contribution in [1.82, 2.24) is 10.2 Å². The minimum absolute atomic E-state index is 0.0458. The van der Waals surface area contributed by atoms with E-state index in [1.807, 2.05) is 52.0 Å². The van der Waals surface area contributed by atoms with Gasteiger partial charge in [-0.2, -0.15) is 0 Å². The molecule has 0 aliphatic carbocycles. The second-order valence-corrected chi connectivity index (χ2v) is 11.4. The maximum atomic E-state index is 13.4. The first-order valence-electron chi connectivity index (χ1n) is 11.8. The Bertz CT molecular complexity index is 1090. The summed E-state index contributed by atoms with van der Waals surface area (Å²) in [6, 6.07) is 13.7. The van der Waals surface area contributed by atoms with Crippen LogP contribution >= 0.6 is 11.6 Å². The van der Waals surface area contributed by atoms with Crippen LogP contribution < -0.4 is 9.62 Å². The highest BCUT2D eigenvalue weighted by atomic mass is 35.5. The number of sulfonamides is 1. The molecule has 0 bridgehead atoms. The minimum Gasteiger partial charge on any atom is -0.352 e. The summed E-state index contributed by atoms with van der Waals surface area (Å²) in [6.07, 6.45) is 2.02. The predicted molar refractivity (Wildman–Crippen MR) is 142 cm³/mol. The number of nitrogens with one attached hydrogen (secondary N) is 1. The molecule has 35 heavy (non-hydrogen) atoms. The number of rotatable bonds is 12. The number of carbonyl (C=O) groups is 2. The number of amides is 2. The summed E-state index contributed by atoms with van der Waals surface area (Å²) >= 11 is 5.94. The molecular weight excluding hydrogens is 486 g/mol. The lowest BCUT2D eigenvalue weighted by atomic mass is 10.1. The van der Waals surface area contributed by atoms with Crippen LogP contribution in [-0.4, -0.2) is 50.0 Å². The van der Waals surface area contributed by atoms with E-state index in [0.29, 0.717) is 30.1 Å². The van der Waals surface area contributed by atoms with E-state index in [0.717, 1.165) is 17.4 Å². The molecule has 0 saturated heterocycles. The molecule has 2 rings (SSSR count). The van der Waals surface area contributed by atoms with Crippen molar-refractivity contribution in [2.75, 3.05) is 17.1 Å². The van der Waals surface area contributed by atoms with Crippen molar-refractivity contribution in [2.24, 2.45) is 0 Å². The average molecular weight is 522 g/mol. The first-order chi connectivity index (χ1) is 16.4. The first-order valence-corrected chi connectivity index (χ1v) is 14.0. The number of aryl methyl sites for hydroxylation is 1. The third-order valence-corrected chi connectivity index (χ3v) is 7.00. The van der Waals surface area contributed by atoms with Crippen LogP contribution in [0.4, 0.5) is 5.69 Å². The Kier molecular flexibility index (Phi) is 10.6. The topological polar surface area (TPSA) is 86.8 Å². The summed E-state index contributed by atoms with van der Waals surface area (Å²) in [5.74, 6) is -0.386. The van der Waals surface area contributed by atoms with E-state index in [2.05, 4.69) is 5.32 Å². The zero-order chi connectivity index (χ0) is 26.2. The van der Waals surface area contributed by atoms with Gasteiger partial charge < -0.3 is 10.2 Å². The van der Waals surface area contributed by atoms with Crippen LogP contribution in [-0.2, 0) is 26.2 Å². The molecule has 0 aliphatic rings. The molecule has 2 aromatic carbocycles. The summed E-state index contributed by atoms with van der Waals surface area (Å²) in [5, 5.41) is 3.42. The Balaban J connectivity index is 2.20. The lowest BCUT2D eigenvalue weighted by molar-refractivity contribution is -0.141. The molecule has 0 saturated carbocycles. The fourth-order valence-corrected chi connectivity index (χ4v) is 4.89. The predicted octanol–water partition coefficient (Wildman–Crippen LogP) is 4.53. The minimum atomic E-state index is -3.55. The number of anilines is 1. The smallest absolute Gasteiger partial charge is 0.243 e. The van der Waals surface area contributed by atoms with E-state index in [9.17, 15) is 18.0 Å². The van der Waals surface area contributed by atoms with Gasteiger partial charge in [-0.05, 0) is 63.4 Å². The highest BCUT2D eigenvalue weighted by Crippen LogP contribution is 2.22. The Morgan fingerprint density at radius 1 is 1.03 bits per heavy atom. The van der Waals surface area contributed by atoms with Gasteiger partial charge in [0.15, 0.2) is 0 Å². The molecule has 7 nitrogen and oxygen atoms in total. The number of benzene rings is 2. The quantitative estimate of drug-likeness (QED) is 0.444. The van der Waals surface area contributed by atoms with Crippen molar-refractivity contribution in [3.8, 4) is 0 Å². The number of hydrogen-bond acceptors (Lipinski definition) is 4. The van der Waals surface area contributed by atoms with Crippen molar-refractivity contribution in [3.05, 3.63) is 64.7 Å².